The molecule has 7 heteroatoms. The Kier molecular flexibility index (Phi) is 5.21. The first-order valence-electron chi connectivity index (χ1n) is 6.43. The summed E-state index contributed by atoms with van der Waals surface area (Å²) in [5.74, 6) is 2.55. The van der Waals surface area contributed by atoms with Crippen molar-refractivity contribution in [2.24, 2.45) is 0 Å². The summed E-state index contributed by atoms with van der Waals surface area (Å²) in [4.78, 5) is 8.41. The quantitative estimate of drug-likeness (QED) is 0.829. The molecule has 0 amide bonds. The second-order valence-electron chi connectivity index (χ2n) is 4.11. The molecule has 0 aliphatic rings. The predicted octanol–water partition coefficient (Wildman–Crippen LogP) is 3.43. The molecule has 0 aliphatic heterocycles. The van der Waals surface area contributed by atoms with Gasteiger partial charge in [-0.15, -0.1) is 0 Å². The van der Waals surface area contributed by atoms with E-state index in [4.69, 9.17) is 9.47 Å². The van der Waals surface area contributed by atoms with Gasteiger partial charge in [-0.1, -0.05) is 0 Å². The van der Waals surface area contributed by atoms with E-state index in [9.17, 15) is 0 Å². The topological polar surface area (TPSA) is 68.3 Å². The Bertz CT molecular complexity index is 622. The minimum Gasteiger partial charge on any atom is -0.497 e. The predicted molar refractivity (Wildman–Crippen MR) is 86.7 cm³/mol. The number of ether oxygens (including phenoxy) is 2. The third kappa shape index (κ3) is 3.55. The molecule has 1 aromatic heterocycles. The van der Waals surface area contributed by atoms with Gasteiger partial charge in [-0.3, -0.25) is 0 Å². The lowest BCUT2D eigenvalue weighted by atomic mass is 10.3. The van der Waals surface area contributed by atoms with Crippen LogP contribution in [0.2, 0.25) is 0 Å². The van der Waals surface area contributed by atoms with E-state index >= 15 is 0 Å². The lowest BCUT2D eigenvalue weighted by Gasteiger charge is -2.14. The molecule has 21 heavy (non-hydrogen) atoms. The molecule has 0 radical (unpaired) electrons. The van der Waals surface area contributed by atoms with Crippen molar-refractivity contribution in [1.29, 1.82) is 0 Å². The molecule has 2 rings (SSSR count). The van der Waals surface area contributed by atoms with E-state index < -0.39 is 0 Å². The van der Waals surface area contributed by atoms with Gasteiger partial charge in [-0.2, -0.15) is 0 Å². The van der Waals surface area contributed by atoms with Crippen molar-refractivity contribution >= 4 is 33.3 Å². The Hall–Kier alpha value is -2.02. The summed E-state index contributed by atoms with van der Waals surface area (Å²) in [6, 6.07) is 5.65. The van der Waals surface area contributed by atoms with Gasteiger partial charge >= 0.3 is 0 Å². The molecule has 112 valence electrons. The lowest BCUT2D eigenvalue weighted by molar-refractivity contribution is 0.414. The standard InChI is InChI=1S/C14H17BrN4O2/c1-4-16-13-12(21-3)14(18-8-17-13)19-11-7-9(20-2)5-6-10(11)15/h5-8H,4H2,1-3H3,(H2,16,17,18,19). The summed E-state index contributed by atoms with van der Waals surface area (Å²) in [5, 5.41) is 6.36. The lowest BCUT2D eigenvalue weighted by Crippen LogP contribution is -2.06. The van der Waals surface area contributed by atoms with Gasteiger partial charge in [0, 0.05) is 17.1 Å². The molecular weight excluding hydrogens is 336 g/mol. The van der Waals surface area contributed by atoms with Crippen molar-refractivity contribution in [3.8, 4) is 11.5 Å². The molecule has 2 N–H and O–H groups in total. The van der Waals surface area contributed by atoms with E-state index in [2.05, 4.69) is 36.5 Å². The first kappa shape index (κ1) is 15.4. The molecule has 0 atom stereocenters. The maximum absolute atomic E-state index is 5.40. The Balaban J connectivity index is 2.37. The molecule has 6 nitrogen and oxygen atoms in total. The van der Waals surface area contributed by atoms with Crippen molar-refractivity contribution < 1.29 is 9.47 Å². The Morgan fingerprint density at radius 2 is 1.90 bits per heavy atom. The van der Waals surface area contributed by atoms with Crippen LogP contribution in [0.3, 0.4) is 0 Å². The maximum atomic E-state index is 5.40. The van der Waals surface area contributed by atoms with Crippen LogP contribution in [0, 0.1) is 0 Å². The molecule has 0 saturated carbocycles. The fraction of sp³-hybridized carbons (Fsp3) is 0.286. The Morgan fingerprint density at radius 3 is 2.57 bits per heavy atom. The average molecular weight is 353 g/mol. The summed E-state index contributed by atoms with van der Waals surface area (Å²) in [5.41, 5.74) is 0.828. The summed E-state index contributed by atoms with van der Waals surface area (Å²) in [7, 11) is 3.22. The van der Waals surface area contributed by atoms with Crippen LogP contribution in [0.5, 0.6) is 11.5 Å². The van der Waals surface area contributed by atoms with Gasteiger partial charge in [0.25, 0.3) is 0 Å². The zero-order valence-corrected chi connectivity index (χ0v) is 13.7. The van der Waals surface area contributed by atoms with E-state index in [-0.39, 0.29) is 0 Å². The van der Waals surface area contributed by atoms with E-state index in [1.807, 2.05) is 25.1 Å². The number of aromatic nitrogens is 2. The Labute approximate surface area is 132 Å². The summed E-state index contributed by atoms with van der Waals surface area (Å²) >= 11 is 3.49. The van der Waals surface area contributed by atoms with Crippen molar-refractivity contribution in [2.75, 3.05) is 31.4 Å². The highest BCUT2D eigenvalue weighted by molar-refractivity contribution is 9.10. The molecule has 0 aliphatic carbocycles. The zero-order chi connectivity index (χ0) is 15.2. The highest BCUT2D eigenvalue weighted by atomic mass is 79.9. The summed E-state index contributed by atoms with van der Waals surface area (Å²) in [6.45, 7) is 2.74. The SMILES string of the molecule is CCNc1ncnc(Nc2cc(OC)ccc2Br)c1OC. The van der Waals surface area contributed by atoms with Crippen LogP contribution < -0.4 is 20.1 Å². The van der Waals surface area contributed by atoms with Crippen LogP contribution in [0.1, 0.15) is 6.92 Å². The largest absolute Gasteiger partial charge is 0.497 e. The molecule has 1 aromatic carbocycles. The van der Waals surface area contributed by atoms with Gasteiger partial charge in [0.2, 0.25) is 5.75 Å². The van der Waals surface area contributed by atoms with Crippen molar-refractivity contribution in [3.63, 3.8) is 0 Å². The average Bonchev–Trinajstić information content (AvgIpc) is 2.50. The van der Waals surface area contributed by atoms with Crippen LogP contribution in [-0.2, 0) is 0 Å². The molecule has 0 saturated heterocycles. The molecular formula is C14H17BrN4O2. The van der Waals surface area contributed by atoms with Crippen molar-refractivity contribution in [2.45, 2.75) is 6.92 Å². The number of anilines is 3. The molecule has 0 unspecified atom stereocenters. The molecule has 1 heterocycles. The fourth-order valence-electron chi connectivity index (χ4n) is 1.80. The van der Waals surface area contributed by atoms with E-state index in [0.717, 1.165) is 22.5 Å². The van der Waals surface area contributed by atoms with E-state index in [1.54, 1.807) is 14.2 Å². The second kappa shape index (κ2) is 7.12. The first-order valence-corrected chi connectivity index (χ1v) is 7.22. The molecule has 0 bridgehead atoms. The smallest absolute Gasteiger partial charge is 0.204 e. The molecule has 0 fully saturated rings. The van der Waals surface area contributed by atoms with Crippen LogP contribution in [0.25, 0.3) is 0 Å². The minimum absolute atomic E-state index is 0.564. The highest BCUT2D eigenvalue weighted by Crippen LogP contribution is 2.35. The molecule has 2 aromatic rings. The summed E-state index contributed by atoms with van der Waals surface area (Å²) in [6.07, 6.45) is 1.48. The number of methoxy groups -OCH3 is 2. The van der Waals surface area contributed by atoms with Gasteiger partial charge in [0.05, 0.1) is 19.9 Å². The monoisotopic (exact) mass is 352 g/mol. The number of hydrogen-bond acceptors (Lipinski definition) is 6. The van der Waals surface area contributed by atoms with Gasteiger partial charge in [0.15, 0.2) is 11.6 Å². The van der Waals surface area contributed by atoms with Crippen molar-refractivity contribution in [1.82, 2.24) is 9.97 Å². The number of rotatable bonds is 6. The number of halogens is 1. The van der Waals surface area contributed by atoms with E-state index in [1.165, 1.54) is 6.33 Å². The second-order valence-corrected chi connectivity index (χ2v) is 4.96. The number of nitrogens with zero attached hydrogens (tertiary/aromatic N) is 2. The number of hydrogen-bond donors (Lipinski definition) is 2. The first-order chi connectivity index (χ1) is 10.2. The normalized spacial score (nSPS) is 10.1. The van der Waals surface area contributed by atoms with Crippen LogP contribution in [0.4, 0.5) is 17.3 Å². The third-order valence-corrected chi connectivity index (χ3v) is 3.47. The van der Waals surface area contributed by atoms with Crippen LogP contribution in [0.15, 0.2) is 29.0 Å². The van der Waals surface area contributed by atoms with E-state index in [0.29, 0.717) is 17.4 Å². The van der Waals surface area contributed by atoms with Crippen molar-refractivity contribution in [3.05, 3.63) is 29.0 Å². The van der Waals surface area contributed by atoms with Crippen LogP contribution >= 0.6 is 15.9 Å². The van der Waals surface area contributed by atoms with Gasteiger partial charge in [-0.25, -0.2) is 9.97 Å². The van der Waals surface area contributed by atoms with Gasteiger partial charge in [-0.05, 0) is 35.0 Å². The third-order valence-electron chi connectivity index (χ3n) is 2.78. The fourth-order valence-corrected chi connectivity index (χ4v) is 2.15. The van der Waals surface area contributed by atoms with Crippen LogP contribution in [-0.4, -0.2) is 30.7 Å². The number of benzene rings is 1. The van der Waals surface area contributed by atoms with Gasteiger partial charge in [0.1, 0.15) is 12.1 Å². The van der Waals surface area contributed by atoms with Gasteiger partial charge < -0.3 is 20.1 Å². The highest BCUT2D eigenvalue weighted by Gasteiger charge is 2.13. The minimum atomic E-state index is 0.564. The summed E-state index contributed by atoms with van der Waals surface area (Å²) < 4.78 is 11.5. The number of nitrogens with one attached hydrogen (secondary N) is 2. The zero-order valence-electron chi connectivity index (χ0n) is 12.1. The maximum Gasteiger partial charge on any atom is 0.204 e. The molecule has 0 spiro atoms. The Morgan fingerprint density at radius 1 is 1.14 bits per heavy atom.